The van der Waals surface area contributed by atoms with Gasteiger partial charge in [0.1, 0.15) is 6.61 Å². The van der Waals surface area contributed by atoms with Gasteiger partial charge in [-0.05, 0) is 37.7 Å². The lowest BCUT2D eigenvalue weighted by Crippen LogP contribution is -2.57. The van der Waals surface area contributed by atoms with E-state index in [1.54, 1.807) is 0 Å². The lowest BCUT2D eigenvalue weighted by Gasteiger charge is -2.40. The fourth-order valence-electron chi connectivity index (χ4n) is 3.85. The van der Waals surface area contributed by atoms with Crippen molar-refractivity contribution in [2.45, 2.75) is 63.3 Å². The first-order valence-corrected chi connectivity index (χ1v) is 8.76. The van der Waals surface area contributed by atoms with Crippen LogP contribution in [0.4, 0.5) is 0 Å². The number of esters is 1. The number of hydrogen-bond acceptors (Lipinski definition) is 4. The number of ether oxygens (including phenoxy) is 2. The van der Waals surface area contributed by atoms with Crippen LogP contribution in [0, 0.1) is 5.92 Å². The Morgan fingerprint density at radius 2 is 1.83 bits per heavy atom. The fraction of sp³-hybridized carbons (Fsp3) is 0.632. The molecule has 126 valence electrons. The molecule has 1 N–H and O–H groups in total. The van der Waals surface area contributed by atoms with Crippen molar-refractivity contribution in [3.63, 3.8) is 0 Å². The van der Waals surface area contributed by atoms with E-state index in [1.807, 2.05) is 30.3 Å². The number of rotatable bonds is 5. The maximum atomic E-state index is 12.8. The number of carbonyl (C=O) groups excluding carboxylic acids is 1. The molecule has 1 aliphatic heterocycles. The van der Waals surface area contributed by atoms with E-state index in [4.69, 9.17) is 9.47 Å². The molecular formula is C19H26O4. The van der Waals surface area contributed by atoms with Crippen LogP contribution in [0.5, 0.6) is 0 Å². The van der Waals surface area contributed by atoms with E-state index < -0.39 is 17.7 Å². The monoisotopic (exact) mass is 318 g/mol. The summed E-state index contributed by atoms with van der Waals surface area (Å²) in [6.07, 6.45) is 6.16. The second-order valence-electron chi connectivity index (χ2n) is 6.72. The zero-order chi connectivity index (χ0) is 16.1. The zero-order valence-corrected chi connectivity index (χ0v) is 13.6. The Kier molecular flexibility index (Phi) is 5.34. The second kappa shape index (κ2) is 7.45. The first kappa shape index (κ1) is 16.5. The van der Waals surface area contributed by atoms with Crippen LogP contribution in [0.1, 0.15) is 50.5 Å². The Balaban J connectivity index is 1.72. The van der Waals surface area contributed by atoms with Gasteiger partial charge >= 0.3 is 5.97 Å². The number of hydrogen-bond donors (Lipinski definition) is 1. The first-order chi connectivity index (χ1) is 11.2. The van der Waals surface area contributed by atoms with Gasteiger partial charge in [-0.1, -0.05) is 43.2 Å². The van der Waals surface area contributed by atoms with Crippen molar-refractivity contribution in [1.29, 1.82) is 0 Å². The van der Waals surface area contributed by atoms with Gasteiger partial charge in [0.15, 0.2) is 5.60 Å². The topological polar surface area (TPSA) is 55.8 Å². The van der Waals surface area contributed by atoms with Crippen molar-refractivity contribution in [3.05, 3.63) is 35.9 Å². The van der Waals surface area contributed by atoms with Crippen molar-refractivity contribution in [3.8, 4) is 0 Å². The summed E-state index contributed by atoms with van der Waals surface area (Å²) in [6.45, 7) is 0.813. The SMILES string of the molecule is O=C(OCc1ccccc1)C(O)(C1CCCC1)C1CCCCO1. The third kappa shape index (κ3) is 3.59. The van der Waals surface area contributed by atoms with Crippen molar-refractivity contribution >= 4 is 5.97 Å². The van der Waals surface area contributed by atoms with Crippen molar-refractivity contribution in [2.24, 2.45) is 5.92 Å². The minimum Gasteiger partial charge on any atom is -0.459 e. The van der Waals surface area contributed by atoms with Crippen LogP contribution >= 0.6 is 0 Å². The predicted molar refractivity (Wildman–Crippen MR) is 86.7 cm³/mol. The average Bonchev–Trinajstić information content (AvgIpc) is 3.15. The van der Waals surface area contributed by atoms with Crippen LogP contribution in [-0.2, 0) is 20.9 Å². The second-order valence-corrected chi connectivity index (χ2v) is 6.72. The summed E-state index contributed by atoms with van der Waals surface area (Å²) in [4.78, 5) is 12.8. The molecule has 4 heteroatoms. The highest BCUT2D eigenvalue weighted by molar-refractivity contribution is 5.80. The number of carbonyl (C=O) groups is 1. The molecule has 2 aliphatic rings. The van der Waals surface area contributed by atoms with Gasteiger partial charge in [0, 0.05) is 12.5 Å². The smallest absolute Gasteiger partial charge is 0.341 e. The summed E-state index contributed by atoms with van der Waals surface area (Å²) in [5, 5.41) is 11.3. The van der Waals surface area contributed by atoms with Crippen molar-refractivity contribution in [2.75, 3.05) is 6.61 Å². The maximum absolute atomic E-state index is 12.8. The molecular weight excluding hydrogens is 292 g/mol. The van der Waals surface area contributed by atoms with Gasteiger partial charge in [-0.15, -0.1) is 0 Å². The average molecular weight is 318 g/mol. The van der Waals surface area contributed by atoms with E-state index in [9.17, 15) is 9.90 Å². The molecule has 0 bridgehead atoms. The summed E-state index contributed by atoms with van der Waals surface area (Å²) in [6, 6.07) is 9.58. The lowest BCUT2D eigenvalue weighted by molar-refractivity contribution is -0.200. The van der Waals surface area contributed by atoms with Crippen LogP contribution in [-0.4, -0.2) is 29.4 Å². The summed E-state index contributed by atoms with van der Waals surface area (Å²) < 4.78 is 11.3. The molecule has 1 aliphatic carbocycles. The number of benzene rings is 1. The molecule has 1 aromatic carbocycles. The van der Waals surface area contributed by atoms with Gasteiger partial charge in [0.25, 0.3) is 0 Å². The van der Waals surface area contributed by atoms with E-state index in [0.717, 1.165) is 50.5 Å². The molecule has 1 aromatic rings. The molecule has 1 saturated carbocycles. The molecule has 0 aromatic heterocycles. The van der Waals surface area contributed by atoms with Gasteiger partial charge in [-0.3, -0.25) is 0 Å². The van der Waals surface area contributed by atoms with Crippen molar-refractivity contribution in [1.82, 2.24) is 0 Å². The summed E-state index contributed by atoms with van der Waals surface area (Å²) in [7, 11) is 0. The van der Waals surface area contributed by atoms with Crippen LogP contribution in [0.25, 0.3) is 0 Å². The molecule has 2 atom stereocenters. The highest BCUT2D eigenvalue weighted by Gasteiger charge is 2.53. The van der Waals surface area contributed by atoms with Gasteiger partial charge in [-0.25, -0.2) is 4.79 Å². The van der Waals surface area contributed by atoms with Crippen LogP contribution in [0.2, 0.25) is 0 Å². The third-order valence-corrected chi connectivity index (χ3v) is 5.19. The fourth-order valence-corrected chi connectivity index (χ4v) is 3.85. The van der Waals surface area contributed by atoms with E-state index in [1.165, 1.54) is 0 Å². The minimum atomic E-state index is -1.49. The Bertz CT molecular complexity index is 503. The highest BCUT2D eigenvalue weighted by Crippen LogP contribution is 2.40. The van der Waals surface area contributed by atoms with E-state index in [2.05, 4.69) is 0 Å². The molecule has 2 unspecified atom stereocenters. The Morgan fingerprint density at radius 3 is 2.48 bits per heavy atom. The lowest BCUT2D eigenvalue weighted by atomic mass is 9.78. The Labute approximate surface area is 137 Å². The molecule has 1 heterocycles. The van der Waals surface area contributed by atoms with Gasteiger partial charge < -0.3 is 14.6 Å². The van der Waals surface area contributed by atoms with Crippen LogP contribution < -0.4 is 0 Å². The predicted octanol–water partition coefficient (Wildman–Crippen LogP) is 3.22. The first-order valence-electron chi connectivity index (χ1n) is 8.76. The summed E-state index contributed by atoms with van der Waals surface area (Å²) >= 11 is 0. The maximum Gasteiger partial charge on any atom is 0.341 e. The van der Waals surface area contributed by atoms with Crippen LogP contribution in [0.3, 0.4) is 0 Å². The standard InChI is InChI=1S/C19H26O4/c20-18(23-14-15-8-2-1-3-9-15)19(21,16-10-4-5-11-16)17-12-6-7-13-22-17/h1-3,8-9,16-17,21H,4-7,10-14H2. The van der Waals surface area contributed by atoms with Gasteiger partial charge in [-0.2, -0.15) is 0 Å². The van der Waals surface area contributed by atoms with Crippen molar-refractivity contribution < 1.29 is 19.4 Å². The largest absolute Gasteiger partial charge is 0.459 e. The van der Waals surface area contributed by atoms with Crippen LogP contribution in [0.15, 0.2) is 30.3 Å². The van der Waals surface area contributed by atoms with Gasteiger partial charge in [0.2, 0.25) is 0 Å². The van der Waals surface area contributed by atoms with E-state index >= 15 is 0 Å². The molecule has 23 heavy (non-hydrogen) atoms. The molecule has 1 saturated heterocycles. The molecule has 3 rings (SSSR count). The minimum absolute atomic E-state index is 0.0473. The molecule has 4 nitrogen and oxygen atoms in total. The highest BCUT2D eigenvalue weighted by atomic mass is 16.6. The Hall–Kier alpha value is -1.39. The zero-order valence-electron chi connectivity index (χ0n) is 13.6. The molecule has 0 radical (unpaired) electrons. The summed E-state index contributed by atoms with van der Waals surface area (Å²) in [5.41, 5.74) is -0.565. The third-order valence-electron chi connectivity index (χ3n) is 5.19. The quantitative estimate of drug-likeness (QED) is 0.847. The van der Waals surface area contributed by atoms with Gasteiger partial charge in [0.05, 0.1) is 6.10 Å². The van der Waals surface area contributed by atoms with E-state index in [0.29, 0.717) is 6.61 Å². The summed E-state index contributed by atoms with van der Waals surface area (Å²) in [5.74, 6) is -0.561. The molecule has 2 fully saturated rings. The number of aliphatic hydroxyl groups is 1. The van der Waals surface area contributed by atoms with E-state index in [-0.39, 0.29) is 12.5 Å². The molecule has 0 amide bonds. The molecule has 0 spiro atoms. The normalized spacial score (nSPS) is 25.0. The Morgan fingerprint density at radius 1 is 1.13 bits per heavy atom.